The topological polar surface area (TPSA) is 81.8 Å². The van der Waals surface area contributed by atoms with Crippen molar-refractivity contribution in [2.24, 2.45) is 7.05 Å². The van der Waals surface area contributed by atoms with Crippen LogP contribution in [-0.2, 0) is 20.1 Å². The lowest BCUT2D eigenvalue weighted by Gasteiger charge is -2.10. The Balaban J connectivity index is 1.34. The van der Waals surface area contributed by atoms with Gasteiger partial charge < -0.3 is 9.88 Å². The monoisotopic (exact) mass is 467 g/mol. The SMILES string of the molecule is Cn1nccc1-c1ccc2c(=O)n(Cc3cccc(C(=O)NCc4ccnc(F)c4)c3)ccc2c1. The van der Waals surface area contributed by atoms with Gasteiger partial charge in [-0.15, -0.1) is 0 Å². The summed E-state index contributed by atoms with van der Waals surface area (Å²) < 4.78 is 16.7. The van der Waals surface area contributed by atoms with Gasteiger partial charge in [0.15, 0.2) is 0 Å². The normalized spacial score (nSPS) is 11.0. The number of aryl methyl sites for hydroxylation is 1. The van der Waals surface area contributed by atoms with Crippen molar-refractivity contribution in [1.29, 1.82) is 0 Å². The minimum Gasteiger partial charge on any atom is -0.348 e. The van der Waals surface area contributed by atoms with Crippen molar-refractivity contribution in [3.8, 4) is 11.3 Å². The van der Waals surface area contributed by atoms with E-state index in [1.807, 2.05) is 43.4 Å². The third kappa shape index (κ3) is 4.72. The van der Waals surface area contributed by atoms with E-state index in [-0.39, 0.29) is 18.0 Å². The van der Waals surface area contributed by atoms with Crippen molar-refractivity contribution in [2.45, 2.75) is 13.1 Å². The molecule has 7 nitrogen and oxygen atoms in total. The fourth-order valence-electron chi connectivity index (χ4n) is 4.07. The van der Waals surface area contributed by atoms with E-state index >= 15 is 0 Å². The Morgan fingerprint density at radius 1 is 1.00 bits per heavy atom. The van der Waals surface area contributed by atoms with Crippen LogP contribution in [0.25, 0.3) is 22.0 Å². The van der Waals surface area contributed by atoms with Crippen LogP contribution in [0.5, 0.6) is 0 Å². The van der Waals surface area contributed by atoms with Gasteiger partial charge in [0.25, 0.3) is 11.5 Å². The van der Waals surface area contributed by atoms with Gasteiger partial charge in [0.1, 0.15) is 0 Å². The molecule has 0 atom stereocenters. The van der Waals surface area contributed by atoms with E-state index in [9.17, 15) is 14.0 Å². The molecule has 0 aliphatic carbocycles. The van der Waals surface area contributed by atoms with E-state index in [4.69, 9.17) is 0 Å². The average Bonchev–Trinajstić information content (AvgIpc) is 3.30. The predicted molar refractivity (Wildman–Crippen MR) is 131 cm³/mol. The Hall–Kier alpha value is -4.59. The van der Waals surface area contributed by atoms with Gasteiger partial charge in [-0.25, -0.2) is 4.98 Å². The van der Waals surface area contributed by atoms with Crippen molar-refractivity contribution in [1.82, 2.24) is 24.6 Å². The Morgan fingerprint density at radius 3 is 2.69 bits per heavy atom. The summed E-state index contributed by atoms with van der Waals surface area (Å²) in [6, 6.07) is 19.6. The summed E-state index contributed by atoms with van der Waals surface area (Å²) in [4.78, 5) is 29.3. The summed E-state index contributed by atoms with van der Waals surface area (Å²) in [5, 5.41) is 8.46. The molecule has 0 bridgehead atoms. The summed E-state index contributed by atoms with van der Waals surface area (Å²) in [6.07, 6.45) is 4.87. The Morgan fingerprint density at radius 2 is 1.89 bits per heavy atom. The Bertz CT molecular complexity index is 1610. The molecule has 1 amide bonds. The van der Waals surface area contributed by atoms with Crippen molar-refractivity contribution in [2.75, 3.05) is 0 Å². The summed E-state index contributed by atoms with van der Waals surface area (Å²) >= 11 is 0. The Kier molecular flexibility index (Phi) is 5.93. The van der Waals surface area contributed by atoms with Crippen molar-refractivity contribution in [3.05, 3.63) is 118 Å². The second-order valence-electron chi connectivity index (χ2n) is 8.26. The number of nitrogens with one attached hydrogen (secondary N) is 1. The molecule has 0 saturated heterocycles. The van der Waals surface area contributed by atoms with E-state index in [0.717, 1.165) is 22.2 Å². The van der Waals surface area contributed by atoms with Crippen LogP contribution >= 0.6 is 0 Å². The fraction of sp³-hybridized carbons (Fsp3) is 0.111. The van der Waals surface area contributed by atoms with Crippen molar-refractivity contribution < 1.29 is 9.18 Å². The van der Waals surface area contributed by atoms with Crippen LogP contribution in [0.15, 0.2) is 90.1 Å². The third-order valence-electron chi connectivity index (χ3n) is 5.88. The lowest BCUT2D eigenvalue weighted by Crippen LogP contribution is -2.23. The number of rotatable bonds is 6. The number of hydrogen-bond acceptors (Lipinski definition) is 4. The van der Waals surface area contributed by atoms with Gasteiger partial charge in [0, 0.05) is 48.7 Å². The number of carbonyl (C=O) groups excluding carboxylic acids is 1. The molecule has 0 spiro atoms. The molecule has 35 heavy (non-hydrogen) atoms. The third-order valence-corrected chi connectivity index (χ3v) is 5.88. The summed E-state index contributed by atoms with van der Waals surface area (Å²) in [5.41, 5.74) is 3.76. The molecule has 5 rings (SSSR count). The predicted octanol–water partition coefficient (Wildman–Crippen LogP) is 3.91. The van der Waals surface area contributed by atoms with Gasteiger partial charge in [-0.05, 0) is 65.0 Å². The molecule has 0 aliphatic rings. The molecule has 0 aliphatic heterocycles. The number of nitrogens with zero attached hydrogens (tertiary/aromatic N) is 4. The molecule has 0 fully saturated rings. The van der Waals surface area contributed by atoms with Crippen LogP contribution in [0.2, 0.25) is 0 Å². The number of benzene rings is 2. The molecule has 0 unspecified atom stereocenters. The second kappa shape index (κ2) is 9.34. The first-order chi connectivity index (χ1) is 17.0. The molecule has 3 aromatic heterocycles. The maximum absolute atomic E-state index is 13.2. The van der Waals surface area contributed by atoms with E-state index in [1.54, 1.807) is 45.9 Å². The summed E-state index contributed by atoms with van der Waals surface area (Å²) in [5.74, 6) is -0.870. The van der Waals surface area contributed by atoms with Gasteiger partial charge in [-0.1, -0.05) is 18.2 Å². The van der Waals surface area contributed by atoms with Crippen LogP contribution in [-0.4, -0.2) is 25.2 Å². The second-order valence-corrected chi connectivity index (χ2v) is 8.26. The van der Waals surface area contributed by atoms with Crippen LogP contribution in [0.1, 0.15) is 21.5 Å². The van der Waals surface area contributed by atoms with Gasteiger partial charge in [-0.2, -0.15) is 9.49 Å². The average molecular weight is 468 g/mol. The standard InChI is InChI=1S/C27H22FN5O2/c1-32-24(8-11-31-32)21-5-6-23-20(15-21)9-12-33(27(23)35)17-19-3-2-4-22(13-19)26(34)30-16-18-7-10-29-25(28)14-18/h2-15H,16-17H2,1H3,(H,30,34). The minimum atomic E-state index is -0.590. The number of aromatic nitrogens is 4. The number of amides is 1. The summed E-state index contributed by atoms with van der Waals surface area (Å²) in [7, 11) is 1.88. The van der Waals surface area contributed by atoms with Gasteiger partial charge in [0.05, 0.1) is 12.2 Å². The Labute approximate surface area is 200 Å². The van der Waals surface area contributed by atoms with Gasteiger partial charge >= 0.3 is 0 Å². The first-order valence-corrected chi connectivity index (χ1v) is 11.1. The highest BCUT2D eigenvalue weighted by Crippen LogP contribution is 2.22. The molecule has 5 aromatic rings. The first-order valence-electron chi connectivity index (χ1n) is 11.1. The highest BCUT2D eigenvalue weighted by atomic mass is 19.1. The van der Waals surface area contributed by atoms with Crippen LogP contribution in [0.3, 0.4) is 0 Å². The molecule has 8 heteroatoms. The first kappa shape index (κ1) is 22.2. The number of hydrogen-bond donors (Lipinski definition) is 1. The van der Waals surface area contributed by atoms with Crippen LogP contribution < -0.4 is 10.9 Å². The number of halogens is 1. The van der Waals surface area contributed by atoms with E-state index in [1.165, 1.54) is 12.3 Å². The molecule has 2 aromatic carbocycles. The molecular formula is C27H22FN5O2. The van der Waals surface area contributed by atoms with Crippen molar-refractivity contribution in [3.63, 3.8) is 0 Å². The van der Waals surface area contributed by atoms with Gasteiger partial charge in [-0.3, -0.25) is 14.3 Å². The molecule has 1 N–H and O–H groups in total. The minimum absolute atomic E-state index is 0.103. The molecule has 0 saturated carbocycles. The number of pyridine rings is 2. The quantitative estimate of drug-likeness (QED) is 0.384. The molecule has 3 heterocycles. The lowest BCUT2D eigenvalue weighted by molar-refractivity contribution is 0.0950. The smallest absolute Gasteiger partial charge is 0.258 e. The highest BCUT2D eigenvalue weighted by Gasteiger charge is 2.10. The van der Waals surface area contributed by atoms with Crippen LogP contribution in [0.4, 0.5) is 4.39 Å². The molecule has 0 radical (unpaired) electrons. The maximum atomic E-state index is 13.2. The maximum Gasteiger partial charge on any atom is 0.258 e. The van der Waals surface area contributed by atoms with E-state index in [2.05, 4.69) is 15.4 Å². The van der Waals surface area contributed by atoms with Gasteiger partial charge in [0.2, 0.25) is 5.95 Å². The van der Waals surface area contributed by atoms with Crippen LogP contribution in [0, 0.1) is 5.95 Å². The highest BCUT2D eigenvalue weighted by molar-refractivity contribution is 5.94. The molecule has 174 valence electrons. The lowest BCUT2D eigenvalue weighted by atomic mass is 10.1. The number of carbonyl (C=O) groups is 1. The van der Waals surface area contributed by atoms with Crippen molar-refractivity contribution >= 4 is 16.7 Å². The zero-order valence-corrected chi connectivity index (χ0v) is 19.0. The zero-order chi connectivity index (χ0) is 24.4. The number of fused-ring (bicyclic) bond motifs is 1. The fourth-order valence-corrected chi connectivity index (χ4v) is 4.07. The zero-order valence-electron chi connectivity index (χ0n) is 19.0. The largest absolute Gasteiger partial charge is 0.348 e. The van der Waals surface area contributed by atoms with E-state index in [0.29, 0.717) is 23.1 Å². The van der Waals surface area contributed by atoms with E-state index < -0.39 is 5.95 Å². The molecular weight excluding hydrogens is 445 g/mol. The summed E-state index contributed by atoms with van der Waals surface area (Å²) in [6.45, 7) is 0.516.